The van der Waals surface area contributed by atoms with Crippen LogP contribution in [-0.2, 0) is 4.79 Å². The molecular formula is C9H10ClN3OS. The van der Waals surface area contributed by atoms with Gasteiger partial charge in [0.25, 0.3) is 0 Å². The van der Waals surface area contributed by atoms with Crippen LogP contribution in [0.1, 0.15) is 6.42 Å². The number of rotatable bonds is 2. The molecule has 1 saturated heterocycles. The fourth-order valence-electron chi connectivity index (χ4n) is 1.63. The SMILES string of the molecule is O=C1CC(CS)CN1c1cnnc(Cl)c1. The van der Waals surface area contributed by atoms with Gasteiger partial charge in [0, 0.05) is 19.0 Å². The molecular weight excluding hydrogens is 234 g/mol. The molecule has 0 bridgehead atoms. The highest BCUT2D eigenvalue weighted by Crippen LogP contribution is 2.25. The summed E-state index contributed by atoms with van der Waals surface area (Å²) in [6, 6.07) is 1.65. The highest BCUT2D eigenvalue weighted by atomic mass is 35.5. The maximum atomic E-state index is 11.7. The summed E-state index contributed by atoms with van der Waals surface area (Å²) in [5.74, 6) is 1.12. The Morgan fingerprint density at radius 2 is 2.47 bits per heavy atom. The predicted octanol–water partition coefficient (Wildman–Crippen LogP) is 1.41. The minimum atomic E-state index is 0.0955. The maximum Gasteiger partial charge on any atom is 0.227 e. The van der Waals surface area contributed by atoms with E-state index in [0.717, 1.165) is 0 Å². The highest BCUT2D eigenvalue weighted by molar-refractivity contribution is 7.80. The van der Waals surface area contributed by atoms with Crippen molar-refractivity contribution in [1.29, 1.82) is 0 Å². The predicted molar refractivity (Wildman–Crippen MR) is 61.4 cm³/mol. The van der Waals surface area contributed by atoms with E-state index in [4.69, 9.17) is 11.6 Å². The van der Waals surface area contributed by atoms with Gasteiger partial charge in [0.15, 0.2) is 5.15 Å². The van der Waals surface area contributed by atoms with Crippen LogP contribution in [-0.4, -0.2) is 28.4 Å². The smallest absolute Gasteiger partial charge is 0.227 e. The van der Waals surface area contributed by atoms with Crippen LogP contribution in [0.5, 0.6) is 0 Å². The Balaban J connectivity index is 2.21. The number of halogens is 1. The molecule has 0 aromatic carbocycles. The molecule has 4 nitrogen and oxygen atoms in total. The van der Waals surface area contributed by atoms with Gasteiger partial charge in [-0.3, -0.25) is 4.79 Å². The van der Waals surface area contributed by atoms with Gasteiger partial charge in [-0.25, -0.2) is 0 Å². The lowest BCUT2D eigenvalue weighted by molar-refractivity contribution is -0.117. The van der Waals surface area contributed by atoms with E-state index in [-0.39, 0.29) is 5.91 Å². The van der Waals surface area contributed by atoms with Crippen molar-refractivity contribution < 1.29 is 4.79 Å². The summed E-state index contributed by atoms with van der Waals surface area (Å²) in [6.07, 6.45) is 2.09. The molecule has 1 unspecified atom stereocenters. The van der Waals surface area contributed by atoms with E-state index >= 15 is 0 Å². The summed E-state index contributed by atoms with van der Waals surface area (Å²) >= 11 is 9.91. The number of anilines is 1. The first-order valence-corrected chi connectivity index (χ1v) is 5.61. The fourth-order valence-corrected chi connectivity index (χ4v) is 2.03. The van der Waals surface area contributed by atoms with Gasteiger partial charge in [0.05, 0.1) is 11.9 Å². The Kier molecular flexibility index (Phi) is 3.11. The molecule has 1 aliphatic heterocycles. The van der Waals surface area contributed by atoms with Crippen molar-refractivity contribution in [2.24, 2.45) is 5.92 Å². The van der Waals surface area contributed by atoms with Gasteiger partial charge >= 0.3 is 0 Å². The Morgan fingerprint density at radius 3 is 3.07 bits per heavy atom. The van der Waals surface area contributed by atoms with Crippen molar-refractivity contribution in [2.45, 2.75) is 6.42 Å². The number of aromatic nitrogens is 2. The van der Waals surface area contributed by atoms with Gasteiger partial charge in [-0.15, -0.1) is 5.10 Å². The lowest BCUT2D eigenvalue weighted by Gasteiger charge is -2.15. The number of nitrogens with zero attached hydrogens (tertiary/aromatic N) is 3. The average Bonchev–Trinajstić information content (AvgIpc) is 2.60. The molecule has 0 N–H and O–H groups in total. The second-order valence-corrected chi connectivity index (χ2v) is 4.25. The van der Waals surface area contributed by atoms with E-state index in [1.165, 1.54) is 0 Å². The molecule has 1 amide bonds. The molecule has 0 radical (unpaired) electrons. The van der Waals surface area contributed by atoms with Crippen LogP contribution >= 0.6 is 24.2 Å². The number of thiol groups is 1. The first-order chi connectivity index (χ1) is 7.20. The standard InChI is InChI=1S/C9H10ClN3OS/c10-8-2-7(3-11-12-8)13-4-6(5-15)1-9(13)14/h2-3,6,15H,1,4-5H2. The summed E-state index contributed by atoms with van der Waals surface area (Å²) in [6.45, 7) is 0.685. The zero-order valence-electron chi connectivity index (χ0n) is 7.93. The Hall–Kier alpha value is -0.810. The number of hydrogen-bond donors (Lipinski definition) is 1. The molecule has 1 atom stereocenters. The van der Waals surface area contributed by atoms with Crippen LogP contribution in [0.25, 0.3) is 0 Å². The molecule has 15 heavy (non-hydrogen) atoms. The minimum Gasteiger partial charge on any atom is -0.310 e. The molecule has 0 aliphatic carbocycles. The summed E-state index contributed by atoms with van der Waals surface area (Å²) in [5.41, 5.74) is 0.712. The first-order valence-electron chi connectivity index (χ1n) is 4.60. The zero-order valence-corrected chi connectivity index (χ0v) is 9.58. The molecule has 80 valence electrons. The van der Waals surface area contributed by atoms with Crippen molar-refractivity contribution in [2.75, 3.05) is 17.2 Å². The summed E-state index contributed by atoms with van der Waals surface area (Å²) in [4.78, 5) is 13.3. The van der Waals surface area contributed by atoms with Crippen molar-refractivity contribution >= 4 is 35.8 Å². The molecule has 0 saturated carbocycles. The number of hydrogen-bond acceptors (Lipinski definition) is 4. The quantitative estimate of drug-likeness (QED) is 0.799. The van der Waals surface area contributed by atoms with E-state index in [1.807, 2.05) is 0 Å². The van der Waals surface area contributed by atoms with Crippen LogP contribution in [0.2, 0.25) is 5.15 Å². The van der Waals surface area contributed by atoms with Gasteiger partial charge in [-0.05, 0) is 11.7 Å². The van der Waals surface area contributed by atoms with E-state index in [1.54, 1.807) is 17.2 Å². The van der Waals surface area contributed by atoms with Crippen LogP contribution < -0.4 is 4.90 Å². The molecule has 0 spiro atoms. The third kappa shape index (κ3) is 2.23. The molecule has 1 aromatic heterocycles. The highest BCUT2D eigenvalue weighted by Gasteiger charge is 2.29. The van der Waals surface area contributed by atoms with Crippen molar-refractivity contribution in [3.63, 3.8) is 0 Å². The number of amides is 1. The third-order valence-electron chi connectivity index (χ3n) is 2.39. The van der Waals surface area contributed by atoms with Crippen LogP contribution in [0.3, 0.4) is 0 Å². The van der Waals surface area contributed by atoms with Gasteiger partial charge in [-0.2, -0.15) is 17.7 Å². The molecule has 1 aliphatic rings. The Morgan fingerprint density at radius 1 is 1.67 bits per heavy atom. The van der Waals surface area contributed by atoms with Crippen LogP contribution in [0.4, 0.5) is 5.69 Å². The minimum absolute atomic E-state index is 0.0955. The maximum absolute atomic E-state index is 11.7. The molecule has 1 fully saturated rings. The van der Waals surface area contributed by atoms with Crippen molar-refractivity contribution in [3.8, 4) is 0 Å². The third-order valence-corrected chi connectivity index (χ3v) is 3.09. The van der Waals surface area contributed by atoms with E-state index in [0.29, 0.717) is 35.5 Å². The van der Waals surface area contributed by atoms with Crippen LogP contribution in [0.15, 0.2) is 12.3 Å². The molecule has 1 aromatic rings. The normalized spacial score (nSPS) is 21.1. The summed E-state index contributed by atoms with van der Waals surface area (Å²) in [7, 11) is 0. The monoisotopic (exact) mass is 243 g/mol. The largest absolute Gasteiger partial charge is 0.310 e. The van der Waals surface area contributed by atoms with E-state index in [9.17, 15) is 4.79 Å². The van der Waals surface area contributed by atoms with E-state index in [2.05, 4.69) is 22.8 Å². The summed E-state index contributed by atoms with van der Waals surface area (Å²) in [5, 5.41) is 7.66. The van der Waals surface area contributed by atoms with Crippen molar-refractivity contribution in [1.82, 2.24) is 10.2 Å². The number of carbonyl (C=O) groups is 1. The summed E-state index contributed by atoms with van der Waals surface area (Å²) < 4.78 is 0. The zero-order chi connectivity index (χ0) is 10.8. The average molecular weight is 244 g/mol. The first kappa shape index (κ1) is 10.7. The lowest BCUT2D eigenvalue weighted by Crippen LogP contribution is -2.24. The molecule has 2 heterocycles. The van der Waals surface area contributed by atoms with Gasteiger partial charge < -0.3 is 4.90 Å². The second kappa shape index (κ2) is 4.37. The molecule has 2 rings (SSSR count). The topological polar surface area (TPSA) is 46.1 Å². The Labute approximate surface area is 98.0 Å². The van der Waals surface area contributed by atoms with Crippen LogP contribution in [0, 0.1) is 5.92 Å². The Bertz CT molecular complexity index is 387. The second-order valence-electron chi connectivity index (χ2n) is 3.49. The van der Waals surface area contributed by atoms with Gasteiger partial charge in [-0.1, -0.05) is 11.6 Å². The number of carbonyl (C=O) groups excluding carboxylic acids is 1. The fraction of sp³-hybridized carbons (Fsp3) is 0.444. The van der Waals surface area contributed by atoms with Crippen molar-refractivity contribution in [3.05, 3.63) is 17.4 Å². The van der Waals surface area contributed by atoms with E-state index < -0.39 is 0 Å². The molecule has 6 heteroatoms. The van der Waals surface area contributed by atoms with Gasteiger partial charge in [0.2, 0.25) is 5.91 Å². The lowest BCUT2D eigenvalue weighted by atomic mass is 10.1. The van der Waals surface area contributed by atoms with Gasteiger partial charge in [0.1, 0.15) is 0 Å².